The van der Waals surface area contributed by atoms with Gasteiger partial charge in [-0.05, 0) is 44.2 Å². The van der Waals surface area contributed by atoms with Gasteiger partial charge in [0.1, 0.15) is 11.6 Å². The molecule has 2 aromatic rings. The van der Waals surface area contributed by atoms with Crippen LogP contribution in [0.2, 0.25) is 0 Å². The molecular formula is C18H17FN2O2. The van der Waals surface area contributed by atoms with E-state index in [9.17, 15) is 9.18 Å². The maximum absolute atomic E-state index is 13.2. The smallest absolute Gasteiger partial charge is 0.325 e. The molecule has 118 valence electrons. The van der Waals surface area contributed by atoms with Crippen LogP contribution in [0.4, 0.5) is 14.9 Å². The second kappa shape index (κ2) is 4.72. The Labute approximate surface area is 133 Å². The van der Waals surface area contributed by atoms with Crippen molar-refractivity contribution in [3.8, 4) is 5.75 Å². The molecule has 1 saturated heterocycles. The number of benzene rings is 2. The Morgan fingerprint density at radius 2 is 2.00 bits per heavy atom. The number of rotatable bonds is 1. The minimum absolute atomic E-state index is 0.0761. The fourth-order valence-electron chi connectivity index (χ4n) is 3.48. The van der Waals surface area contributed by atoms with Crippen molar-refractivity contribution in [2.24, 2.45) is 0 Å². The molecule has 0 spiro atoms. The standard InChI is InChI=1S/C18H17FN2O2/c1-11-3-8-16-14(9-11)15-10-18(2,23-16)21(17(22)20-15)13-6-4-12(19)5-7-13/h3-9,15H,10H2,1-2H3,(H,20,22)/t15-,18-/m0/s1. The third-order valence-corrected chi connectivity index (χ3v) is 4.51. The molecule has 5 heteroatoms. The molecule has 23 heavy (non-hydrogen) atoms. The van der Waals surface area contributed by atoms with Crippen LogP contribution in [0, 0.1) is 12.7 Å². The molecule has 4 rings (SSSR count). The molecule has 0 unspecified atom stereocenters. The second-order valence-corrected chi connectivity index (χ2v) is 6.34. The van der Waals surface area contributed by atoms with Crippen LogP contribution in [0.5, 0.6) is 5.75 Å². The van der Waals surface area contributed by atoms with E-state index in [1.807, 2.05) is 32.0 Å². The van der Waals surface area contributed by atoms with E-state index in [1.165, 1.54) is 12.1 Å². The summed E-state index contributed by atoms with van der Waals surface area (Å²) in [5, 5.41) is 3.03. The zero-order chi connectivity index (χ0) is 16.2. The number of carbonyl (C=O) groups is 1. The predicted octanol–water partition coefficient (Wildman–Crippen LogP) is 3.90. The minimum atomic E-state index is -0.799. The fourth-order valence-corrected chi connectivity index (χ4v) is 3.48. The molecular weight excluding hydrogens is 295 g/mol. The Bertz CT molecular complexity index is 790. The van der Waals surface area contributed by atoms with Crippen molar-refractivity contribution >= 4 is 11.7 Å². The SMILES string of the molecule is Cc1ccc2c(c1)[C@@H]1C[C@](C)(O2)N(c2ccc(F)cc2)C(=O)N1. The molecule has 0 saturated carbocycles. The number of hydrogen-bond donors (Lipinski definition) is 1. The van der Waals surface area contributed by atoms with E-state index in [0.29, 0.717) is 12.1 Å². The maximum Gasteiger partial charge on any atom is 0.325 e. The summed E-state index contributed by atoms with van der Waals surface area (Å²) >= 11 is 0. The normalized spacial score (nSPS) is 25.4. The first kappa shape index (κ1) is 14.1. The summed E-state index contributed by atoms with van der Waals surface area (Å²) in [6.45, 7) is 3.91. The lowest BCUT2D eigenvalue weighted by atomic mass is 9.89. The lowest BCUT2D eigenvalue weighted by molar-refractivity contribution is 0.0378. The Kier molecular flexibility index (Phi) is 2.88. The van der Waals surface area contributed by atoms with Gasteiger partial charge in [-0.3, -0.25) is 4.90 Å². The highest BCUT2D eigenvalue weighted by atomic mass is 19.1. The van der Waals surface area contributed by atoms with Gasteiger partial charge in [-0.25, -0.2) is 9.18 Å². The highest BCUT2D eigenvalue weighted by Gasteiger charge is 2.49. The molecule has 2 aliphatic heterocycles. The molecule has 2 heterocycles. The van der Waals surface area contributed by atoms with Crippen LogP contribution < -0.4 is 15.0 Å². The molecule has 1 fully saturated rings. The highest BCUT2D eigenvalue weighted by molar-refractivity contribution is 5.94. The van der Waals surface area contributed by atoms with Gasteiger partial charge in [-0.15, -0.1) is 0 Å². The maximum atomic E-state index is 13.2. The van der Waals surface area contributed by atoms with Crippen LogP contribution in [-0.4, -0.2) is 11.8 Å². The van der Waals surface area contributed by atoms with Crippen molar-refractivity contribution in [1.82, 2.24) is 5.32 Å². The number of nitrogens with one attached hydrogen (secondary N) is 1. The number of anilines is 1. The largest absolute Gasteiger partial charge is 0.467 e. The Morgan fingerprint density at radius 3 is 2.74 bits per heavy atom. The molecule has 4 nitrogen and oxygen atoms in total. The summed E-state index contributed by atoms with van der Waals surface area (Å²) in [6.07, 6.45) is 0.632. The van der Waals surface area contributed by atoms with E-state index < -0.39 is 5.72 Å². The van der Waals surface area contributed by atoms with Crippen LogP contribution in [0.25, 0.3) is 0 Å². The van der Waals surface area contributed by atoms with E-state index in [2.05, 4.69) is 5.32 Å². The summed E-state index contributed by atoms with van der Waals surface area (Å²) in [7, 11) is 0. The van der Waals surface area contributed by atoms with E-state index >= 15 is 0 Å². The highest BCUT2D eigenvalue weighted by Crippen LogP contribution is 2.45. The number of hydrogen-bond acceptors (Lipinski definition) is 2. The van der Waals surface area contributed by atoms with Crippen molar-refractivity contribution in [3.05, 3.63) is 59.4 Å². The molecule has 2 aromatic carbocycles. The Morgan fingerprint density at radius 1 is 1.26 bits per heavy atom. The van der Waals surface area contributed by atoms with Gasteiger partial charge in [0.05, 0.1) is 6.04 Å². The number of nitrogens with zero attached hydrogens (tertiary/aromatic N) is 1. The molecule has 2 amide bonds. The zero-order valence-corrected chi connectivity index (χ0v) is 13.0. The van der Waals surface area contributed by atoms with Gasteiger partial charge in [0.25, 0.3) is 0 Å². The number of ether oxygens (including phenoxy) is 1. The van der Waals surface area contributed by atoms with E-state index in [1.54, 1.807) is 17.0 Å². The van der Waals surface area contributed by atoms with Gasteiger partial charge in [0.2, 0.25) is 0 Å². The molecule has 2 bridgehead atoms. The van der Waals surface area contributed by atoms with E-state index in [0.717, 1.165) is 16.9 Å². The fraction of sp³-hybridized carbons (Fsp3) is 0.278. The predicted molar refractivity (Wildman–Crippen MR) is 85.0 cm³/mol. The van der Waals surface area contributed by atoms with Gasteiger partial charge < -0.3 is 10.1 Å². The Hall–Kier alpha value is -2.56. The summed E-state index contributed by atoms with van der Waals surface area (Å²) < 4.78 is 19.4. The first-order valence-corrected chi connectivity index (χ1v) is 7.62. The average Bonchev–Trinajstić information content (AvgIpc) is 2.49. The lowest BCUT2D eigenvalue weighted by Gasteiger charge is -2.50. The van der Waals surface area contributed by atoms with Crippen LogP contribution >= 0.6 is 0 Å². The van der Waals surface area contributed by atoms with Crippen LogP contribution in [0.15, 0.2) is 42.5 Å². The van der Waals surface area contributed by atoms with Crippen molar-refractivity contribution in [1.29, 1.82) is 0 Å². The molecule has 0 aromatic heterocycles. The topological polar surface area (TPSA) is 41.6 Å². The molecule has 0 radical (unpaired) electrons. The monoisotopic (exact) mass is 312 g/mol. The minimum Gasteiger partial charge on any atom is -0.467 e. The first-order chi connectivity index (χ1) is 11.0. The van der Waals surface area contributed by atoms with Crippen molar-refractivity contribution < 1.29 is 13.9 Å². The number of fused-ring (bicyclic) bond motifs is 4. The number of halogens is 1. The number of carbonyl (C=O) groups excluding carboxylic acids is 1. The quantitative estimate of drug-likeness (QED) is 0.867. The van der Waals surface area contributed by atoms with Gasteiger partial charge in [-0.1, -0.05) is 17.7 Å². The Balaban J connectivity index is 1.79. The number of amides is 2. The summed E-state index contributed by atoms with van der Waals surface area (Å²) in [4.78, 5) is 14.2. The zero-order valence-electron chi connectivity index (χ0n) is 13.0. The van der Waals surface area contributed by atoms with Gasteiger partial charge in [-0.2, -0.15) is 0 Å². The molecule has 2 aliphatic rings. The van der Waals surface area contributed by atoms with Gasteiger partial charge in [0.15, 0.2) is 5.72 Å². The lowest BCUT2D eigenvalue weighted by Crippen LogP contribution is -2.65. The number of urea groups is 1. The molecule has 0 aliphatic carbocycles. The van der Waals surface area contributed by atoms with Crippen molar-refractivity contribution in [2.75, 3.05) is 4.90 Å². The van der Waals surface area contributed by atoms with Crippen molar-refractivity contribution in [3.63, 3.8) is 0 Å². The third kappa shape index (κ3) is 2.15. The summed E-state index contributed by atoms with van der Waals surface area (Å²) in [6, 6.07) is 11.5. The van der Waals surface area contributed by atoms with Gasteiger partial charge in [0, 0.05) is 17.7 Å². The third-order valence-electron chi connectivity index (χ3n) is 4.51. The summed E-state index contributed by atoms with van der Waals surface area (Å²) in [5.74, 6) is 0.445. The van der Waals surface area contributed by atoms with Crippen LogP contribution in [0.3, 0.4) is 0 Å². The van der Waals surface area contributed by atoms with E-state index in [-0.39, 0.29) is 17.9 Å². The van der Waals surface area contributed by atoms with Crippen LogP contribution in [0.1, 0.15) is 30.5 Å². The van der Waals surface area contributed by atoms with Gasteiger partial charge >= 0.3 is 6.03 Å². The average molecular weight is 312 g/mol. The van der Waals surface area contributed by atoms with Crippen LogP contribution in [-0.2, 0) is 0 Å². The van der Waals surface area contributed by atoms with E-state index in [4.69, 9.17) is 4.74 Å². The molecule has 1 N–H and O–H groups in total. The first-order valence-electron chi connectivity index (χ1n) is 7.62. The summed E-state index contributed by atoms with van der Waals surface area (Å²) in [5.41, 5.74) is 1.95. The molecule has 2 atom stereocenters. The van der Waals surface area contributed by atoms with Crippen molar-refractivity contribution in [2.45, 2.75) is 32.0 Å². The second-order valence-electron chi connectivity index (χ2n) is 6.34. The number of aryl methyl sites for hydroxylation is 1.